The van der Waals surface area contributed by atoms with Gasteiger partial charge in [0.2, 0.25) is 5.91 Å². The first kappa shape index (κ1) is 17.0. The van der Waals surface area contributed by atoms with E-state index in [1.807, 2.05) is 37.3 Å². The van der Waals surface area contributed by atoms with Crippen LogP contribution in [0.1, 0.15) is 24.1 Å². The van der Waals surface area contributed by atoms with Crippen LogP contribution in [0.4, 0.5) is 0 Å². The molecule has 0 fully saturated rings. The molecule has 0 aliphatic heterocycles. The molecule has 4 nitrogen and oxygen atoms in total. The van der Waals surface area contributed by atoms with Crippen molar-refractivity contribution >= 4 is 21.8 Å². The van der Waals surface area contributed by atoms with Gasteiger partial charge in [-0.2, -0.15) is 0 Å². The summed E-state index contributed by atoms with van der Waals surface area (Å²) in [7, 11) is -3.21. The van der Waals surface area contributed by atoms with Crippen LogP contribution in [0.2, 0.25) is 0 Å². The van der Waals surface area contributed by atoms with Crippen molar-refractivity contribution in [1.82, 2.24) is 5.32 Å². The molecule has 0 heterocycles. The van der Waals surface area contributed by atoms with Gasteiger partial charge in [-0.1, -0.05) is 42.5 Å². The smallest absolute Gasteiger partial charge is 0.244 e. The molecule has 23 heavy (non-hydrogen) atoms. The lowest BCUT2D eigenvalue weighted by molar-refractivity contribution is -0.117. The molecule has 0 aromatic heterocycles. The number of carbonyl (C=O) groups is 1. The van der Waals surface area contributed by atoms with Gasteiger partial charge in [0.15, 0.2) is 9.84 Å². The molecule has 1 N–H and O–H groups in total. The Hall–Kier alpha value is -2.40. The third kappa shape index (κ3) is 5.07. The number of carbonyl (C=O) groups excluding carboxylic acids is 1. The molecule has 0 spiro atoms. The molecule has 2 rings (SSSR count). The molecule has 1 amide bonds. The number of sulfone groups is 1. The lowest BCUT2D eigenvalue weighted by Gasteiger charge is -2.13. The number of benzene rings is 2. The van der Waals surface area contributed by atoms with Crippen LogP contribution < -0.4 is 5.32 Å². The highest BCUT2D eigenvalue weighted by Crippen LogP contribution is 2.16. The topological polar surface area (TPSA) is 63.2 Å². The molecular weight excluding hydrogens is 310 g/mol. The van der Waals surface area contributed by atoms with Gasteiger partial charge in [0.05, 0.1) is 10.9 Å². The van der Waals surface area contributed by atoms with Crippen LogP contribution in [-0.2, 0) is 14.6 Å². The van der Waals surface area contributed by atoms with E-state index in [0.29, 0.717) is 0 Å². The zero-order valence-corrected chi connectivity index (χ0v) is 13.9. The van der Waals surface area contributed by atoms with E-state index in [-0.39, 0.29) is 16.8 Å². The van der Waals surface area contributed by atoms with Crippen molar-refractivity contribution < 1.29 is 13.2 Å². The van der Waals surface area contributed by atoms with Gasteiger partial charge in [-0.05, 0) is 36.3 Å². The van der Waals surface area contributed by atoms with Crippen molar-refractivity contribution in [1.29, 1.82) is 0 Å². The summed E-state index contributed by atoms with van der Waals surface area (Å²) < 4.78 is 22.9. The average Bonchev–Trinajstić information content (AvgIpc) is 2.53. The molecule has 0 aliphatic rings. The zero-order chi connectivity index (χ0) is 16.9. The van der Waals surface area contributed by atoms with Crippen molar-refractivity contribution in [3.05, 3.63) is 71.8 Å². The number of amides is 1. The predicted octanol–water partition coefficient (Wildman–Crippen LogP) is 2.98. The number of rotatable bonds is 5. The summed E-state index contributed by atoms with van der Waals surface area (Å²) in [4.78, 5) is 12.2. The van der Waals surface area contributed by atoms with E-state index in [4.69, 9.17) is 0 Å². The summed E-state index contributed by atoms with van der Waals surface area (Å²) >= 11 is 0. The van der Waals surface area contributed by atoms with Gasteiger partial charge in [-0.25, -0.2) is 8.42 Å². The average molecular weight is 329 g/mol. The highest BCUT2D eigenvalue weighted by atomic mass is 32.2. The Morgan fingerprint density at radius 1 is 1.04 bits per heavy atom. The second-order valence-corrected chi connectivity index (χ2v) is 7.33. The van der Waals surface area contributed by atoms with E-state index < -0.39 is 9.84 Å². The third-order valence-corrected chi connectivity index (χ3v) is 4.52. The van der Waals surface area contributed by atoms with Gasteiger partial charge in [0.25, 0.3) is 0 Å². The van der Waals surface area contributed by atoms with Gasteiger partial charge >= 0.3 is 0 Å². The maximum absolute atomic E-state index is 11.9. The Bertz CT molecular complexity index is 794. The molecule has 0 bridgehead atoms. The summed E-state index contributed by atoms with van der Waals surface area (Å²) in [6.07, 6.45) is 4.40. The fraction of sp³-hybridized carbons (Fsp3) is 0.167. The first-order chi connectivity index (χ1) is 10.9. The normalized spacial score (nSPS) is 13.0. The lowest BCUT2D eigenvalue weighted by Crippen LogP contribution is -2.24. The summed E-state index contributed by atoms with van der Waals surface area (Å²) in [6, 6.07) is 15.9. The van der Waals surface area contributed by atoms with Crippen LogP contribution in [-0.4, -0.2) is 20.6 Å². The van der Waals surface area contributed by atoms with Crippen LogP contribution in [0, 0.1) is 0 Å². The molecule has 120 valence electrons. The quantitative estimate of drug-likeness (QED) is 0.858. The second-order valence-electron chi connectivity index (χ2n) is 5.32. The van der Waals surface area contributed by atoms with E-state index in [2.05, 4.69) is 5.32 Å². The van der Waals surface area contributed by atoms with Gasteiger partial charge in [-0.3, -0.25) is 4.79 Å². The monoisotopic (exact) mass is 329 g/mol. The Balaban J connectivity index is 2.00. The minimum atomic E-state index is -3.21. The van der Waals surface area contributed by atoms with E-state index in [1.54, 1.807) is 30.3 Å². The maximum Gasteiger partial charge on any atom is 0.244 e. The summed E-state index contributed by atoms with van der Waals surface area (Å²) in [5, 5.41) is 2.85. The molecular formula is C18H19NO3S. The molecule has 2 aromatic carbocycles. The molecule has 0 aliphatic carbocycles. The fourth-order valence-corrected chi connectivity index (χ4v) is 2.72. The van der Waals surface area contributed by atoms with Gasteiger partial charge in [-0.15, -0.1) is 0 Å². The minimum Gasteiger partial charge on any atom is -0.346 e. The van der Waals surface area contributed by atoms with Crippen molar-refractivity contribution in [2.45, 2.75) is 17.9 Å². The molecule has 0 unspecified atom stereocenters. The van der Waals surface area contributed by atoms with Gasteiger partial charge in [0, 0.05) is 12.3 Å². The highest BCUT2D eigenvalue weighted by Gasteiger charge is 2.10. The van der Waals surface area contributed by atoms with Crippen molar-refractivity contribution in [3.63, 3.8) is 0 Å². The Labute approximate surface area is 136 Å². The predicted molar refractivity (Wildman–Crippen MR) is 91.6 cm³/mol. The minimum absolute atomic E-state index is 0.200. The molecule has 1 atom stereocenters. The number of hydrogen-bond acceptors (Lipinski definition) is 3. The summed E-state index contributed by atoms with van der Waals surface area (Å²) in [6.45, 7) is 1.85. The van der Waals surface area contributed by atoms with E-state index in [0.717, 1.165) is 11.1 Å². The standard InChI is InChI=1S/C18H19NO3S/c1-14(16-9-11-17(12-10-16)23(2,21)22)19-18(20)13-8-15-6-4-3-5-7-15/h3-14H,1-2H3,(H,19,20)/b13-8+/t14-/m0/s1. The summed E-state index contributed by atoms with van der Waals surface area (Å²) in [5.74, 6) is -0.200. The number of nitrogens with one attached hydrogen (secondary N) is 1. The van der Waals surface area contributed by atoms with E-state index in [9.17, 15) is 13.2 Å². The second kappa shape index (κ2) is 7.24. The Morgan fingerprint density at radius 2 is 1.65 bits per heavy atom. The number of hydrogen-bond donors (Lipinski definition) is 1. The first-order valence-electron chi connectivity index (χ1n) is 7.20. The zero-order valence-electron chi connectivity index (χ0n) is 13.1. The van der Waals surface area contributed by atoms with Gasteiger partial charge in [0.1, 0.15) is 0 Å². The lowest BCUT2D eigenvalue weighted by atomic mass is 10.1. The first-order valence-corrected chi connectivity index (χ1v) is 9.09. The Morgan fingerprint density at radius 3 is 2.22 bits per heavy atom. The van der Waals surface area contributed by atoms with Crippen LogP contribution in [0.3, 0.4) is 0 Å². The van der Waals surface area contributed by atoms with Crippen LogP contribution in [0.25, 0.3) is 6.08 Å². The van der Waals surface area contributed by atoms with Crippen molar-refractivity contribution in [2.24, 2.45) is 0 Å². The Kier molecular flexibility index (Phi) is 5.34. The van der Waals surface area contributed by atoms with Crippen molar-refractivity contribution in [3.8, 4) is 0 Å². The molecule has 0 saturated heterocycles. The third-order valence-electron chi connectivity index (χ3n) is 3.39. The SMILES string of the molecule is C[C@H](NC(=O)/C=C/c1ccccc1)c1ccc(S(C)(=O)=O)cc1. The molecule has 0 radical (unpaired) electrons. The van der Waals surface area contributed by atoms with Crippen molar-refractivity contribution in [2.75, 3.05) is 6.26 Å². The van der Waals surface area contributed by atoms with E-state index >= 15 is 0 Å². The largest absolute Gasteiger partial charge is 0.346 e. The fourth-order valence-electron chi connectivity index (χ4n) is 2.08. The van der Waals surface area contributed by atoms with Crippen LogP contribution in [0.5, 0.6) is 0 Å². The van der Waals surface area contributed by atoms with Gasteiger partial charge < -0.3 is 5.32 Å². The van der Waals surface area contributed by atoms with Crippen LogP contribution >= 0.6 is 0 Å². The maximum atomic E-state index is 11.9. The van der Waals surface area contributed by atoms with E-state index in [1.165, 1.54) is 12.3 Å². The molecule has 5 heteroatoms. The highest BCUT2D eigenvalue weighted by molar-refractivity contribution is 7.90. The molecule has 2 aromatic rings. The molecule has 0 saturated carbocycles. The van der Waals surface area contributed by atoms with Crippen LogP contribution in [0.15, 0.2) is 65.6 Å². The summed E-state index contributed by atoms with van der Waals surface area (Å²) in [5.41, 5.74) is 1.80.